The second kappa shape index (κ2) is 5.96. The monoisotopic (exact) mass is 282 g/mol. The molecule has 6 heteroatoms. The van der Waals surface area contributed by atoms with Gasteiger partial charge in [0.1, 0.15) is 4.88 Å². The molecular formula is C13H22N4OS. The largest absolute Gasteiger partial charge is 0.351 e. The fourth-order valence-electron chi connectivity index (χ4n) is 2.27. The lowest BCUT2D eigenvalue weighted by Crippen LogP contribution is -2.31. The second-order valence-corrected chi connectivity index (χ2v) is 6.79. The third-order valence-corrected chi connectivity index (χ3v) is 4.07. The maximum absolute atomic E-state index is 12.1. The molecule has 2 N–H and O–H groups in total. The molecule has 1 amide bonds. The molecular weight excluding hydrogens is 260 g/mol. The van der Waals surface area contributed by atoms with Gasteiger partial charge in [-0.2, -0.15) is 0 Å². The molecule has 1 fully saturated rings. The minimum Gasteiger partial charge on any atom is -0.351 e. The van der Waals surface area contributed by atoms with Crippen molar-refractivity contribution in [2.45, 2.75) is 51.5 Å². The van der Waals surface area contributed by atoms with Crippen molar-refractivity contribution in [2.75, 3.05) is 13.1 Å². The summed E-state index contributed by atoms with van der Waals surface area (Å²) >= 11 is 1.18. The van der Waals surface area contributed by atoms with Gasteiger partial charge in [-0.25, -0.2) is 0 Å². The zero-order valence-corrected chi connectivity index (χ0v) is 12.6. The molecule has 1 saturated heterocycles. The van der Waals surface area contributed by atoms with E-state index in [1.807, 2.05) is 20.8 Å². The van der Waals surface area contributed by atoms with Crippen LogP contribution in [-0.2, 0) is 5.41 Å². The Kier molecular flexibility index (Phi) is 4.52. The Morgan fingerprint density at radius 3 is 2.95 bits per heavy atom. The summed E-state index contributed by atoms with van der Waals surface area (Å²) < 4.78 is 3.91. The number of carbonyl (C=O) groups excluding carboxylic acids is 1. The summed E-state index contributed by atoms with van der Waals surface area (Å²) in [5, 5.41) is 10.5. The van der Waals surface area contributed by atoms with Crippen LogP contribution in [-0.4, -0.2) is 34.6 Å². The maximum atomic E-state index is 12.1. The van der Waals surface area contributed by atoms with Crippen molar-refractivity contribution in [3.8, 4) is 0 Å². The maximum Gasteiger partial charge on any atom is 0.264 e. The van der Waals surface area contributed by atoms with Gasteiger partial charge in [-0.15, -0.1) is 5.10 Å². The first-order chi connectivity index (χ1) is 8.98. The molecule has 2 heterocycles. The average molecular weight is 282 g/mol. The number of hydrogen-bond acceptors (Lipinski definition) is 5. The zero-order chi connectivity index (χ0) is 13.9. The van der Waals surface area contributed by atoms with Crippen molar-refractivity contribution in [3.05, 3.63) is 10.6 Å². The number of rotatable bonds is 4. The Bertz CT molecular complexity index is 432. The fraction of sp³-hybridized carbons (Fsp3) is 0.769. The molecule has 0 aromatic carbocycles. The Morgan fingerprint density at radius 1 is 1.53 bits per heavy atom. The van der Waals surface area contributed by atoms with E-state index in [1.165, 1.54) is 24.4 Å². The van der Waals surface area contributed by atoms with E-state index in [2.05, 4.69) is 20.2 Å². The molecule has 0 unspecified atom stereocenters. The molecule has 1 aliphatic rings. The summed E-state index contributed by atoms with van der Waals surface area (Å²) in [6.45, 7) is 7.94. The van der Waals surface area contributed by atoms with Gasteiger partial charge < -0.3 is 10.6 Å². The van der Waals surface area contributed by atoms with Crippen LogP contribution in [0.4, 0.5) is 0 Å². The summed E-state index contributed by atoms with van der Waals surface area (Å²) in [5.74, 6) is -0.0436. The second-order valence-electron chi connectivity index (χ2n) is 6.04. The van der Waals surface area contributed by atoms with Crippen molar-refractivity contribution >= 4 is 17.4 Å². The molecule has 0 aliphatic carbocycles. The Balaban J connectivity index is 1.87. The highest BCUT2D eigenvalue weighted by Crippen LogP contribution is 2.25. The summed E-state index contributed by atoms with van der Waals surface area (Å²) in [5.41, 5.74) is 0.640. The number of amides is 1. The number of nitrogens with zero attached hydrogens (tertiary/aromatic N) is 2. The summed E-state index contributed by atoms with van der Waals surface area (Å²) in [6, 6.07) is 0.557. The molecule has 1 atom stereocenters. The molecule has 0 bridgehead atoms. The van der Waals surface area contributed by atoms with Gasteiger partial charge in [-0.05, 0) is 37.3 Å². The van der Waals surface area contributed by atoms with Crippen molar-refractivity contribution in [3.63, 3.8) is 0 Å². The van der Waals surface area contributed by atoms with E-state index in [0.717, 1.165) is 18.7 Å². The first kappa shape index (κ1) is 14.4. The Hall–Kier alpha value is -1.01. The van der Waals surface area contributed by atoms with E-state index in [1.54, 1.807) is 0 Å². The number of nitrogens with one attached hydrogen (secondary N) is 2. The van der Waals surface area contributed by atoms with Gasteiger partial charge in [-0.1, -0.05) is 25.3 Å². The zero-order valence-electron chi connectivity index (χ0n) is 11.8. The third-order valence-electron chi connectivity index (χ3n) is 3.35. The van der Waals surface area contributed by atoms with Crippen molar-refractivity contribution in [1.82, 2.24) is 20.2 Å². The molecule has 106 valence electrons. The van der Waals surface area contributed by atoms with Gasteiger partial charge in [-0.3, -0.25) is 4.79 Å². The van der Waals surface area contributed by atoms with Crippen LogP contribution in [0.5, 0.6) is 0 Å². The fourth-order valence-corrected chi connectivity index (χ4v) is 3.07. The van der Waals surface area contributed by atoms with Crippen LogP contribution in [0.2, 0.25) is 0 Å². The summed E-state index contributed by atoms with van der Waals surface area (Å²) in [4.78, 5) is 12.8. The third kappa shape index (κ3) is 3.73. The van der Waals surface area contributed by atoms with E-state index in [4.69, 9.17) is 0 Å². The number of aromatic nitrogens is 2. The minimum atomic E-state index is -0.146. The predicted octanol–water partition coefficient (Wildman–Crippen LogP) is 1.71. The number of carbonyl (C=O) groups is 1. The van der Waals surface area contributed by atoms with E-state index < -0.39 is 0 Å². The van der Waals surface area contributed by atoms with Crippen molar-refractivity contribution in [2.24, 2.45) is 0 Å². The lowest BCUT2D eigenvalue weighted by Gasteiger charge is -2.16. The molecule has 0 spiro atoms. The molecule has 0 radical (unpaired) electrons. The lowest BCUT2D eigenvalue weighted by atomic mass is 9.91. The van der Waals surface area contributed by atoms with Crippen molar-refractivity contribution < 1.29 is 4.79 Å². The van der Waals surface area contributed by atoms with Crippen LogP contribution in [0.25, 0.3) is 0 Å². The lowest BCUT2D eigenvalue weighted by molar-refractivity contribution is 0.0954. The number of hydrogen-bond donors (Lipinski definition) is 2. The SMILES string of the molecule is CC(C)(C)c1nnsc1C(=O)NCC[C@@H]1CCCN1. The van der Waals surface area contributed by atoms with Crippen LogP contribution < -0.4 is 10.6 Å². The Morgan fingerprint density at radius 2 is 2.32 bits per heavy atom. The van der Waals surface area contributed by atoms with Crippen molar-refractivity contribution in [1.29, 1.82) is 0 Å². The standard InChI is InChI=1S/C13H22N4OS/c1-13(2,3)11-10(19-17-16-11)12(18)15-8-6-9-5-4-7-14-9/h9,14H,4-8H2,1-3H3,(H,15,18)/t9-/m0/s1. The van der Waals surface area contributed by atoms with Gasteiger partial charge >= 0.3 is 0 Å². The van der Waals surface area contributed by atoms with Crippen LogP contribution >= 0.6 is 11.5 Å². The summed E-state index contributed by atoms with van der Waals surface area (Å²) in [6.07, 6.45) is 3.44. The molecule has 2 rings (SSSR count). The minimum absolute atomic E-state index is 0.0436. The topological polar surface area (TPSA) is 66.9 Å². The van der Waals surface area contributed by atoms with E-state index in [9.17, 15) is 4.79 Å². The van der Waals surface area contributed by atoms with Crippen LogP contribution in [0.3, 0.4) is 0 Å². The van der Waals surface area contributed by atoms with Gasteiger partial charge in [0.2, 0.25) is 0 Å². The van der Waals surface area contributed by atoms with Crippen LogP contribution in [0.1, 0.15) is 55.4 Å². The quantitative estimate of drug-likeness (QED) is 0.882. The average Bonchev–Trinajstić information content (AvgIpc) is 2.98. The molecule has 5 nitrogen and oxygen atoms in total. The van der Waals surface area contributed by atoms with E-state index in [0.29, 0.717) is 17.5 Å². The highest BCUT2D eigenvalue weighted by Gasteiger charge is 2.26. The van der Waals surface area contributed by atoms with Gasteiger partial charge in [0.15, 0.2) is 0 Å². The molecule has 19 heavy (non-hydrogen) atoms. The smallest absolute Gasteiger partial charge is 0.264 e. The first-order valence-corrected chi connectivity index (χ1v) is 7.60. The Labute approximate surface area is 118 Å². The van der Waals surface area contributed by atoms with Crippen LogP contribution in [0.15, 0.2) is 0 Å². The highest BCUT2D eigenvalue weighted by atomic mass is 32.1. The van der Waals surface area contributed by atoms with Crippen LogP contribution in [0, 0.1) is 0 Å². The highest BCUT2D eigenvalue weighted by molar-refractivity contribution is 7.08. The van der Waals surface area contributed by atoms with Gasteiger partial charge in [0.25, 0.3) is 5.91 Å². The normalized spacial score (nSPS) is 19.6. The molecule has 1 aromatic rings. The molecule has 0 saturated carbocycles. The molecule has 1 aliphatic heterocycles. The predicted molar refractivity (Wildman–Crippen MR) is 76.6 cm³/mol. The van der Waals surface area contributed by atoms with Gasteiger partial charge in [0, 0.05) is 18.0 Å². The van der Waals surface area contributed by atoms with E-state index in [-0.39, 0.29) is 11.3 Å². The molecule has 1 aromatic heterocycles. The first-order valence-electron chi connectivity index (χ1n) is 6.83. The van der Waals surface area contributed by atoms with Gasteiger partial charge in [0.05, 0.1) is 5.69 Å². The summed E-state index contributed by atoms with van der Waals surface area (Å²) in [7, 11) is 0. The van der Waals surface area contributed by atoms with E-state index >= 15 is 0 Å².